The van der Waals surface area contributed by atoms with Gasteiger partial charge in [-0.3, -0.25) is 4.79 Å². The third-order valence-corrected chi connectivity index (χ3v) is 2.50. The highest BCUT2D eigenvalue weighted by molar-refractivity contribution is 7.80. The van der Waals surface area contributed by atoms with Crippen LogP contribution in [0.4, 0.5) is 11.4 Å². The van der Waals surface area contributed by atoms with Crippen LogP contribution in [0.15, 0.2) is 24.3 Å². The minimum Gasteiger partial charge on any atom is -0.385 e. The van der Waals surface area contributed by atoms with Gasteiger partial charge in [-0.15, -0.1) is 0 Å². The second-order valence-corrected chi connectivity index (χ2v) is 4.40. The van der Waals surface area contributed by atoms with Crippen LogP contribution in [0, 0.1) is 0 Å². The van der Waals surface area contributed by atoms with Gasteiger partial charge in [-0.2, -0.15) is 0 Å². The van der Waals surface area contributed by atoms with Crippen LogP contribution in [0.25, 0.3) is 0 Å². The molecule has 0 heterocycles. The van der Waals surface area contributed by atoms with Crippen molar-refractivity contribution in [1.29, 1.82) is 0 Å². The molecule has 19 heavy (non-hydrogen) atoms. The van der Waals surface area contributed by atoms with Crippen molar-refractivity contribution < 1.29 is 9.53 Å². The number of hydrogen-bond acceptors (Lipinski definition) is 3. The summed E-state index contributed by atoms with van der Waals surface area (Å²) in [6.07, 6.45) is 0.893. The zero-order valence-electron chi connectivity index (χ0n) is 11.2. The highest BCUT2D eigenvalue weighted by Gasteiger charge is 2.00. The maximum absolute atomic E-state index is 11.0. The Morgan fingerprint density at radius 2 is 2.00 bits per heavy atom. The second-order valence-electron chi connectivity index (χ2n) is 3.99. The molecule has 1 aromatic carbocycles. The third-order valence-electron chi connectivity index (χ3n) is 2.25. The van der Waals surface area contributed by atoms with Gasteiger partial charge in [0.25, 0.3) is 0 Å². The van der Waals surface area contributed by atoms with Crippen LogP contribution < -0.4 is 16.0 Å². The van der Waals surface area contributed by atoms with Crippen LogP contribution in [0.2, 0.25) is 0 Å². The van der Waals surface area contributed by atoms with Crippen molar-refractivity contribution in [3.8, 4) is 0 Å². The first kappa shape index (κ1) is 15.4. The van der Waals surface area contributed by atoms with Gasteiger partial charge in [0, 0.05) is 38.6 Å². The van der Waals surface area contributed by atoms with Crippen LogP contribution in [0.1, 0.15) is 13.3 Å². The lowest BCUT2D eigenvalue weighted by Crippen LogP contribution is -2.29. The van der Waals surface area contributed by atoms with Crippen LogP contribution in [0.5, 0.6) is 0 Å². The molecular weight excluding hydrogens is 262 g/mol. The molecule has 0 aromatic heterocycles. The number of thiocarbonyl (C=S) groups is 1. The quantitative estimate of drug-likeness (QED) is 0.549. The molecule has 0 saturated heterocycles. The van der Waals surface area contributed by atoms with E-state index in [9.17, 15) is 4.79 Å². The summed E-state index contributed by atoms with van der Waals surface area (Å²) in [5, 5.41) is 9.41. The number of nitrogens with one attached hydrogen (secondary N) is 3. The number of rotatable bonds is 6. The molecule has 1 aromatic rings. The van der Waals surface area contributed by atoms with E-state index in [2.05, 4.69) is 16.0 Å². The molecule has 1 amide bonds. The Morgan fingerprint density at radius 3 is 2.63 bits per heavy atom. The molecule has 0 spiro atoms. The van der Waals surface area contributed by atoms with E-state index in [1.54, 1.807) is 7.11 Å². The molecule has 0 unspecified atom stereocenters. The standard InChI is InChI=1S/C13H19N3O2S/c1-10(17)15-11-5-3-6-12(9-11)16-13(19)14-7-4-8-18-2/h3,5-6,9H,4,7-8H2,1-2H3,(H,15,17)(H2,14,16,19). The zero-order chi connectivity index (χ0) is 14.1. The second kappa shape index (κ2) is 8.44. The summed E-state index contributed by atoms with van der Waals surface area (Å²) < 4.78 is 4.95. The van der Waals surface area contributed by atoms with Gasteiger partial charge in [0.15, 0.2) is 5.11 Å². The number of carbonyl (C=O) groups excluding carboxylic acids is 1. The lowest BCUT2D eigenvalue weighted by Gasteiger charge is -2.11. The summed E-state index contributed by atoms with van der Waals surface area (Å²) in [6, 6.07) is 7.38. The summed E-state index contributed by atoms with van der Waals surface area (Å²) >= 11 is 5.17. The van der Waals surface area contributed by atoms with E-state index in [4.69, 9.17) is 17.0 Å². The first-order chi connectivity index (χ1) is 9.11. The Balaban J connectivity index is 2.43. The molecule has 0 aliphatic carbocycles. The Morgan fingerprint density at radius 1 is 1.32 bits per heavy atom. The number of benzene rings is 1. The highest BCUT2D eigenvalue weighted by Crippen LogP contribution is 2.14. The van der Waals surface area contributed by atoms with Gasteiger partial charge >= 0.3 is 0 Å². The Kier molecular flexibility index (Phi) is 6.84. The molecule has 0 atom stereocenters. The van der Waals surface area contributed by atoms with Crippen LogP contribution in [-0.4, -0.2) is 31.3 Å². The molecule has 0 saturated carbocycles. The number of hydrogen-bond donors (Lipinski definition) is 3. The monoisotopic (exact) mass is 281 g/mol. The molecule has 3 N–H and O–H groups in total. The fraction of sp³-hybridized carbons (Fsp3) is 0.385. The maximum atomic E-state index is 11.0. The predicted molar refractivity (Wildman–Crippen MR) is 81.5 cm³/mol. The van der Waals surface area contributed by atoms with Crippen molar-refractivity contribution in [2.75, 3.05) is 30.9 Å². The molecule has 5 nitrogen and oxygen atoms in total. The molecular formula is C13H19N3O2S. The minimum atomic E-state index is -0.0996. The van der Waals surface area contributed by atoms with E-state index in [-0.39, 0.29) is 5.91 Å². The van der Waals surface area contributed by atoms with Crippen molar-refractivity contribution in [1.82, 2.24) is 5.32 Å². The number of carbonyl (C=O) groups is 1. The largest absolute Gasteiger partial charge is 0.385 e. The average Bonchev–Trinajstić information content (AvgIpc) is 2.34. The number of ether oxygens (including phenoxy) is 1. The molecule has 1 rings (SSSR count). The van der Waals surface area contributed by atoms with Crippen LogP contribution >= 0.6 is 12.2 Å². The number of anilines is 2. The first-order valence-corrected chi connectivity index (χ1v) is 6.44. The van der Waals surface area contributed by atoms with Gasteiger partial charge in [0.05, 0.1) is 0 Å². The summed E-state index contributed by atoms with van der Waals surface area (Å²) in [4.78, 5) is 11.0. The SMILES string of the molecule is COCCCNC(=S)Nc1cccc(NC(C)=O)c1. The summed E-state index contributed by atoms with van der Waals surface area (Å²) in [5.74, 6) is -0.0996. The lowest BCUT2D eigenvalue weighted by atomic mass is 10.3. The topological polar surface area (TPSA) is 62.4 Å². The average molecular weight is 281 g/mol. The van der Waals surface area contributed by atoms with Gasteiger partial charge in [0.1, 0.15) is 0 Å². The maximum Gasteiger partial charge on any atom is 0.221 e. The normalized spacial score (nSPS) is 9.79. The van der Waals surface area contributed by atoms with Crippen molar-refractivity contribution >= 4 is 34.6 Å². The number of methoxy groups -OCH3 is 1. The van der Waals surface area contributed by atoms with Gasteiger partial charge in [-0.25, -0.2) is 0 Å². The van der Waals surface area contributed by atoms with Crippen molar-refractivity contribution in [2.24, 2.45) is 0 Å². The zero-order valence-corrected chi connectivity index (χ0v) is 12.0. The molecule has 0 bridgehead atoms. The van der Waals surface area contributed by atoms with Gasteiger partial charge in [-0.1, -0.05) is 6.07 Å². The minimum absolute atomic E-state index is 0.0996. The Bertz CT molecular complexity index is 438. The van der Waals surface area contributed by atoms with Crippen LogP contribution in [-0.2, 0) is 9.53 Å². The Hall–Kier alpha value is -1.66. The van der Waals surface area contributed by atoms with Crippen molar-refractivity contribution in [3.63, 3.8) is 0 Å². The molecule has 6 heteroatoms. The van der Waals surface area contributed by atoms with Crippen molar-refractivity contribution in [2.45, 2.75) is 13.3 Å². The fourth-order valence-corrected chi connectivity index (χ4v) is 1.69. The van der Waals surface area contributed by atoms with E-state index in [1.807, 2.05) is 24.3 Å². The van der Waals surface area contributed by atoms with Crippen molar-refractivity contribution in [3.05, 3.63) is 24.3 Å². The fourth-order valence-electron chi connectivity index (χ4n) is 1.47. The Labute approximate surface area is 118 Å². The smallest absolute Gasteiger partial charge is 0.221 e. The number of amides is 1. The lowest BCUT2D eigenvalue weighted by molar-refractivity contribution is -0.114. The van der Waals surface area contributed by atoms with Gasteiger partial charge in [0.2, 0.25) is 5.91 Å². The predicted octanol–water partition coefficient (Wildman–Crippen LogP) is 1.97. The van der Waals surface area contributed by atoms with Crippen LogP contribution in [0.3, 0.4) is 0 Å². The summed E-state index contributed by atoms with van der Waals surface area (Å²) in [7, 11) is 1.67. The van der Waals surface area contributed by atoms with E-state index in [0.717, 1.165) is 24.3 Å². The van der Waals surface area contributed by atoms with Gasteiger partial charge in [-0.05, 0) is 36.8 Å². The molecule has 0 aliphatic heterocycles. The molecule has 0 aliphatic rings. The van der Waals surface area contributed by atoms with E-state index < -0.39 is 0 Å². The molecule has 0 fully saturated rings. The van der Waals surface area contributed by atoms with E-state index in [0.29, 0.717) is 11.7 Å². The highest BCUT2D eigenvalue weighted by atomic mass is 32.1. The van der Waals surface area contributed by atoms with E-state index in [1.165, 1.54) is 6.92 Å². The first-order valence-electron chi connectivity index (χ1n) is 6.03. The third kappa shape index (κ3) is 6.73. The molecule has 104 valence electrons. The molecule has 0 radical (unpaired) electrons. The summed E-state index contributed by atoms with van der Waals surface area (Å²) in [6.45, 7) is 2.93. The van der Waals surface area contributed by atoms with E-state index >= 15 is 0 Å². The van der Waals surface area contributed by atoms with Gasteiger partial charge < -0.3 is 20.7 Å². The summed E-state index contributed by atoms with van der Waals surface area (Å²) in [5.41, 5.74) is 1.56.